The Morgan fingerprint density at radius 2 is 2.36 bits per heavy atom. The molecule has 0 spiro atoms. The molecule has 0 bridgehead atoms. The van der Waals surface area contributed by atoms with Crippen molar-refractivity contribution in [1.29, 1.82) is 0 Å². The van der Waals surface area contributed by atoms with Gasteiger partial charge >= 0.3 is 5.97 Å². The van der Waals surface area contributed by atoms with Crippen LogP contribution >= 0.6 is 27.7 Å². The van der Waals surface area contributed by atoms with Crippen molar-refractivity contribution < 1.29 is 19.7 Å². The first kappa shape index (κ1) is 11.3. The highest BCUT2D eigenvalue weighted by Crippen LogP contribution is 2.15. The minimum absolute atomic E-state index is 0.0169. The van der Waals surface area contributed by atoms with Crippen molar-refractivity contribution in [3.63, 3.8) is 0 Å². The zero-order valence-corrected chi connectivity index (χ0v) is 9.29. The van der Waals surface area contributed by atoms with Crippen LogP contribution in [0.3, 0.4) is 0 Å². The normalized spacial score (nSPS) is 12.4. The van der Waals surface area contributed by atoms with Gasteiger partial charge in [0.05, 0.1) is 17.8 Å². The fraction of sp³-hybridized carbons (Fsp3) is 0.500. The number of carbonyl (C=O) groups is 1. The van der Waals surface area contributed by atoms with E-state index in [1.165, 1.54) is 0 Å². The van der Waals surface area contributed by atoms with E-state index in [4.69, 9.17) is 14.9 Å². The quantitative estimate of drug-likeness (QED) is 0.758. The van der Waals surface area contributed by atoms with Crippen molar-refractivity contribution in [2.75, 3.05) is 11.9 Å². The molecule has 0 aliphatic heterocycles. The number of ether oxygens (including phenoxy) is 1. The van der Waals surface area contributed by atoms with Crippen LogP contribution in [0.5, 0.6) is 5.88 Å². The first-order chi connectivity index (χ1) is 6.65. The van der Waals surface area contributed by atoms with E-state index in [1.807, 2.05) is 0 Å². The van der Waals surface area contributed by atoms with Gasteiger partial charge in [-0.2, -0.15) is 4.37 Å². The molecule has 0 aromatic carbocycles. The molecule has 1 unspecified atom stereocenters. The highest BCUT2D eigenvalue weighted by Gasteiger charge is 2.17. The van der Waals surface area contributed by atoms with Crippen LogP contribution in [0.15, 0.2) is 0 Å². The second-order valence-electron chi connectivity index (χ2n) is 2.34. The summed E-state index contributed by atoms with van der Waals surface area (Å²) in [7, 11) is 0. The molecular formula is C6H7BrN2O4S. The Morgan fingerprint density at radius 1 is 1.64 bits per heavy atom. The van der Waals surface area contributed by atoms with Gasteiger partial charge in [0.2, 0.25) is 5.69 Å². The standard InChI is InChI=1S/C6H7BrN2O4S/c7-1-3(10)2-13-5-4(6(11)12)8-14-9-5/h3,10H,1-2H2,(H,11,12). The lowest BCUT2D eigenvalue weighted by Gasteiger charge is -2.06. The molecule has 2 N–H and O–H groups in total. The van der Waals surface area contributed by atoms with Gasteiger partial charge in [-0.15, -0.1) is 4.37 Å². The van der Waals surface area contributed by atoms with Crippen molar-refractivity contribution in [2.45, 2.75) is 6.10 Å². The monoisotopic (exact) mass is 282 g/mol. The maximum atomic E-state index is 10.5. The molecule has 14 heavy (non-hydrogen) atoms. The molecule has 1 aromatic rings. The number of aromatic nitrogens is 2. The Morgan fingerprint density at radius 3 is 2.93 bits per heavy atom. The third-order valence-electron chi connectivity index (χ3n) is 1.25. The molecule has 1 heterocycles. The Kier molecular flexibility index (Phi) is 4.23. The second-order valence-corrected chi connectivity index (χ2v) is 3.52. The highest BCUT2D eigenvalue weighted by atomic mass is 79.9. The summed E-state index contributed by atoms with van der Waals surface area (Å²) in [6.07, 6.45) is -0.696. The van der Waals surface area contributed by atoms with Crippen molar-refractivity contribution in [3.8, 4) is 5.88 Å². The Bertz CT molecular complexity index is 319. The number of aromatic carboxylic acids is 1. The molecule has 0 amide bonds. The maximum absolute atomic E-state index is 10.5. The van der Waals surface area contributed by atoms with Crippen molar-refractivity contribution >= 4 is 33.6 Å². The number of carboxylic acids is 1. The van der Waals surface area contributed by atoms with Crippen LogP contribution in [-0.2, 0) is 0 Å². The predicted octanol–water partition coefficient (Wildman–Crippen LogP) is 0.371. The molecule has 1 atom stereocenters. The molecule has 1 rings (SSSR count). The van der Waals surface area contributed by atoms with Gasteiger partial charge in [0.15, 0.2) is 0 Å². The van der Waals surface area contributed by atoms with Crippen LogP contribution in [-0.4, -0.2) is 43.0 Å². The fourth-order valence-electron chi connectivity index (χ4n) is 0.626. The number of hydrogen-bond acceptors (Lipinski definition) is 6. The van der Waals surface area contributed by atoms with Gasteiger partial charge in [0.25, 0.3) is 5.88 Å². The molecule has 0 aliphatic carbocycles. The van der Waals surface area contributed by atoms with E-state index in [0.29, 0.717) is 5.33 Å². The molecule has 78 valence electrons. The molecule has 0 saturated carbocycles. The fourth-order valence-corrected chi connectivity index (χ4v) is 1.30. The molecular weight excluding hydrogens is 276 g/mol. The van der Waals surface area contributed by atoms with E-state index in [9.17, 15) is 4.79 Å². The van der Waals surface area contributed by atoms with Crippen LogP contribution in [0.4, 0.5) is 0 Å². The molecule has 0 aliphatic rings. The zero-order chi connectivity index (χ0) is 10.6. The van der Waals surface area contributed by atoms with Gasteiger partial charge in [0.1, 0.15) is 6.61 Å². The van der Waals surface area contributed by atoms with E-state index >= 15 is 0 Å². The van der Waals surface area contributed by atoms with Crippen LogP contribution in [0.1, 0.15) is 10.5 Å². The summed E-state index contributed by atoms with van der Waals surface area (Å²) in [6.45, 7) is -0.0169. The molecule has 6 nitrogen and oxygen atoms in total. The topological polar surface area (TPSA) is 92.5 Å². The van der Waals surface area contributed by atoms with Crippen molar-refractivity contribution in [2.24, 2.45) is 0 Å². The Hall–Kier alpha value is -0.730. The van der Waals surface area contributed by atoms with Crippen LogP contribution in [0.25, 0.3) is 0 Å². The van der Waals surface area contributed by atoms with Gasteiger partial charge in [-0.25, -0.2) is 4.79 Å². The summed E-state index contributed by atoms with van der Waals surface area (Å²) >= 11 is 3.80. The predicted molar refractivity (Wildman–Crippen MR) is 52.2 cm³/mol. The minimum Gasteiger partial charge on any atom is -0.476 e. The summed E-state index contributed by atoms with van der Waals surface area (Å²) in [5.41, 5.74) is -0.225. The van der Waals surface area contributed by atoms with Gasteiger partial charge in [-0.05, 0) is 0 Å². The number of rotatable bonds is 5. The number of halogens is 1. The lowest BCUT2D eigenvalue weighted by atomic mass is 10.4. The van der Waals surface area contributed by atoms with Crippen LogP contribution < -0.4 is 4.74 Å². The van der Waals surface area contributed by atoms with Gasteiger partial charge in [-0.3, -0.25) is 0 Å². The molecule has 0 fully saturated rings. The maximum Gasteiger partial charge on any atom is 0.361 e. The SMILES string of the molecule is O=C(O)c1nsnc1OCC(O)CBr. The first-order valence-electron chi connectivity index (χ1n) is 3.57. The molecule has 0 saturated heterocycles. The smallest absolute Gasteiger partial charge is 0.361 e. The summed E-state index contributed by atoms with van der Waals surface area (Å²) in [4.78, 5) is 10.5. The van der Waals surface area contributed by atoms with Gasteiger partial charge in [0, 0.05) is 5.33 Å². The Balaban J connectivity index is 2.58. The van der Waals surface area contributed by atoms with E-state index in [-0.39, 0.29) is 18.2 Å². The minimum atomic E-state index is -1.19. The van der Waals surface area contributed by atoms with Crippen LogP contribution in [0, 0.1) is 0 Å². The lowest BCUT2D eigenvalue weighted by molar-refractivity contribution is 0.0680. The van der Waals surface area contributed by atoms with Gasteiger partial charge in [-0.1, -0.05) is 15.9 Å². The molecule has 1 aromatic heterocycles. The first-order valence-corrected chi connectivity index (χ1v) is 5.43. The second kappa shape index (κ2) is 5.23. The summed E-state index contributed by atoms with van der Waals surface area (Å²) in [6, 6.07) is 0. The van der Waals surface area contributed by atoms with Gasteiger partial charge < -0.3 is 14.9 Å². The number of alkyl halides is 1. The van der Waals surface area contributed by atoms with Crippen LogP contribution in [0.2, 0.25) is 0 Å². The van der Waals surface area contributed by atoms with Crippen molar-refractivity contribution in [1.82, 2.24) is 8.75 Å². The molecule has 8 heteroatoms. The number of aliphatic hydroxyl groups excluding tert-OH is 1. The summed E-state index contributed by atoms with van der Waals surface area (Å²) < 4.78 is 12.1. The highest BCUT2D eigenvalue weighted by molar-refractivity contribution is 9.09. The number of nitrogens with zero attached hydrogens (tertiary/aromatic N) is 2. The van der Waals surface area contributed by atoms with Crippen molar-refractivity contribution in [3.05, 3.63) is 5.69 Å². The summed E-state index contributed by atoms with van der Waals surface area (Å²) in [5.74, 6) is -1.25. The number of hydrogen-bond donors (Lipinski definition) is 2. The third kappa shape index (κ3) is 2.89. The Labute approximate surface area is 92.0 Å². The summed E-state index contributed by atoms with van der Waals surface area (Å²) in [5, 5.41) is 18.1. The number of carboxylic acid groups (broad SMARTS) is 1. The van der Waals surface area contributed by atoms with E-state index in [2.05, 4.69) is 24.7 Å². The average molecular weight is 283 g/mol. The van der Waals surface area contributed by atoms with E-state index in [0.717, 1.165) is 11.7 Å². The van der Waals surface area contributed by atoms with E-state index < -0.39 is 12.1 Å². The lowest BCUT2D eigenvalue weighted by Crippen LogP contribution is -2.19. The largest absolute Gasteiger partial charge is 0.476 e. The zero-order valence-electron chi connectivity index (χ0n) is 6.88. The number of aliphatic hydroxyl groups is 1. The van der Waals surface area contributed by atoms with E-state index in [1.54, 1.807) is 0 Å². The average Bonchev–Trinajstić information content (AvgIpc) is 2.62. The molecule has 0 radical (unpaired) electrons. The third-order valence-corrected chi connectivity index (χ3v) is 2.51.